The second-order valence-electron chi connectivity index (χ2n) is 7.57. The molecule has 8 nitrogen and oxygen atoms in total. The van der Waals surface area contributed by atoms with Gasteiger partial charge in [-0.05, 0) is 25.0 Å². The van der Waals surface area contributed by atoms with Crippen molar-refractivity contribution in [3.05, 3.63) is 47.5 Å². The molecule has 3 aliphatic rings. The summed E-state index contributed by atoms with van der Waals surface area (Å²) < 4.78 is 10.7. The minimum atomic E-state index is -0.562. The number of fused-ring (bicyclic) bond motifs is 1. The molecular weight excluding hydrogens is 388 g/mol. The molecule has 158 valence electrons. The van der Waals surface area contributed by atoms with Crippen LogP contribution in [0.15, 0.2) is 36.4 Å². The van der Waals surface area contributed by atoms with E-state index < -0.39 is 17.8 Å². The lowest BCUT2D eigenvalue weighted by Gasteiger charge is -2.33. The first-order chi connectivity index (χ1) is 14.6. The molecule has 0 unspecified atom stereocenters. The molecule has 3 amide bonds. The molecule has 4 rings (SSSR count). The van der Waals surface area contributed by atoms with E-state index in [0.29, 0.717) is 50.3 Å². The number of morpholine rings is 1. The van der Waals surface area contributed by atoms with Crippen LogP contribution in [0, 0.1) is 11.8 Å². The molecule has 0 bridgehead atoms. The number of hydrogen-bond acceptors (Lipinski definition) is 6. The maximum absolute atomic E-state index is 12.9. The second-order valence-corrected chi connectivity index (χ2v) is 7.57. The van der Waals surface area contributed by atoms with Gasteiger partial charge in [-0.3, -0.25) is 24.1 Å². The summed E-state index contributed by atoms with van der Waals surface area (Å²) in [5.41, 5.74) is 0.727. The first-order valence-electron chi connectivity index (χ1n) is 10.2. The van der Waals surface area contributed by atoms with E-state index in [1.165, 1.54) is 0 Å². The summed E-state index contributed by atoms with van der Waals surface area (Å²) in [5.74, 6) is -2.31. The monoisotopic (exact) mass is 412 g/mol. The summed E-state index contributed by atoms with van der Waals surface area (Å²) >= 11 is 0. The van der Waals surface area contributed by atoms with Gasteiger partial charge in [-0.2, -0.15) is 0 Å². The van der Waals surface area contributed by atoms with E-state index in [1.807, 2.05) is 12.2 Å². The largest absolute Gasteiger partial charge is 0.464 e. The number of esters is 1. The smallest absolute Gasteiger partial charge is 0.310 e. The summed E-state index contributed by atoms with van der Waals surface area (Å²) in [6.45, 7) is 1.96. The predicted molar refractivity (Wildman–Crippen MR) is 106 cm³/mol. The number of amides is 3. The average molecular weight is 412 g/mol. The number of carbonyl (C=O) groups is 4. The average Bonchev–Trinajstić information content (AvgIpc) is 3.04. The molecule has 0 radical (unpaired) electrons. The van der Waals surface area contributed by atoms with Crippen molar-refractivity contribution in [3.63, 3.8) is 0 Å². The standard InChI is InChI=1S/C22H24N2O6/c25-19(23-9-12-29-13-10-23)17-7-3-4-8-18(17)22(28)30-14-11-24-20(26)15-5-1-2-6-16(15)21(24)27/h1-6,17-18H,7-14H2/t17-,18+/m1/s1. The molecule has 1 aliphatic carbocycles. The minimum absolute atomic E-state index is 0.0112. The summed E-state index contributed by atoms with van der Waals surface area (Å²) in [7, 11) is 0. The van der Waals surface area contributed by atoms with Crippen molar-refractivity contribution in [2.24, 2.45) is 11.8 Å². The summed E-state index contributed by atoms with van der Waals surface area (Å²) in [5, 5.41) is 0. The Hall–Kier alpha value is -3.00. The number of nitrogens with zero attached hydrogens (tertiary/aromatic N) is 2. The highest BCUT2D eigenvalue weighted by Crippen LogP contribution is 2.29. The molecule has 0 N–H and O–H groups in total. The quantitative estimate of drug-likeness (QED) is 0.411. The molecular formula is C22H24N2O6. The number of benzene rings is 1. The van der Waals surface area contributed by atoms with Crippen LogP contribution in [0.4, 0.5) is 0 Å². The molecule has 2 heterocycles. The van der Waals surface area contributed by atoms with E-state index in [-0.39, 0.29) is 30.9 Å². The van der Waals surface area contributed by atoms with Crippen molar-refractivity contribution in [1.82, 2.24) is 9.80 Å². The predicted octanol–water partition coefficient (Wildman–Crippen LogP) is 1.27. The van der Waals surface area contributed by atoms with Gasteiger partial charge in [-0.15, -0.1) is 0 Å². The fourth-order valence-electron chi connectivity index (χ4n) is 4.15. The Kier molecular flexibility index (Phi) is 5.94. The first kappa shape index (κ1) is 20.3. The van der Waals surface area contributed by atoms with Crippen LogP contribution < -0.4 is 0 Å². The number of rotatable bonds is 5. The van der Waals surface area contributed by atoms with Crippen LogP contribution in [0.5, 0.6) is 0 Å². The molecule has 0 aromatic heterocycles. The van der Waals surface area contributed by atoms with Crippen LogP contribution >= 0.6 is 0 Å². The van der Waals surface area contributed by atoms with Crippen molar-refractivity contribution in [1.29, 1.82) is 0 Å². The summed E-state index contributed by atoms with van der Waals surface area (Å²) in [4.78, 5) is 53.2. The fraction of sp³-hybridized carbons (Fsp3) is 0.455. The Labute approximate surface area is 174 Å². The van der Waals surface area contributed by atoms with Crippen molar-refractivity contribution in [2.45, 2.75) is 12.8 Å². The van der Waals surface area contributed by atoms with Crippen molar-refractivity contribution in [3.8, 4) is 0 Å². The van der Waals surface area contributed by atoms with E-state index in [4.69, 9.17) is 9.47 Å². The topological polar surface area (TPSA) is 93.2 Å². The molecule has 0 saturated carbocycles. The van der Waals surface area contributed by atoms with E-state index in [9.17, 15) is 19.2 Å². The van der Waals surface area contributed by atoms with E-state index in [2.05, 4.69) is 0 Å². The molecule has 1 saturated heterocycles. The maximum atomic E-state index is 12.9. The molecule has 0 spiro atoms. The third kappa shape index (κ3) is 3.87. The minimum Gasteiger partial charge on any atom is -0.464 e. The van der Waals surface area contributed by atoms with Gasteiger partial charge in [0.1, 0.15) is 6.61 Å². The zero-order valence-corrected chi connectivity index (χ0v) is 16.6. The number of allylic oxidation sites excluding steroid dienone is 2. The fourth-order valence-corrected chi connectivity index (χ4v) is 4.15. The first-order valence-corrected chi connectivity index (χ1v) is 10.2. The van der Waals surface area contributed by atoms with Gasteiger partial charge in [0.25, 0.3) is 11.8 Å². The third-order valence-electron chi connectivity index (χ3n) is 5.81. The number of imide groups is 1. The van der Waals surface area contributed by atoms with Crippen LogP contribution in [-0.4, -0.2) is 72.9 Å². The molecule has 1 aromatic carbocycles. The maximum Gasteiger partial charge on any atom is 0.310 e. The van der Waals surface area contributed by atoms with Crippen LogP contribution in [0.25, 0.3) is 0 Å². The zero-order valence-electron chi connectivity index (χ0n) is 16.6. The highest BCUT2D eigenvalue weighted by molar-refractivity contribution is 6.21. The Bertz CT molecular complexity index is 854. The summed E-state index contributed by atoms with van der Waals surface area (Å²) in [6.07, 6.45) is 4.74. The van der Waals surface area contributed by atoms with Crippen molar-refractivity contribution < 1.29 is 28.7 Å². The van der Waals surface area contributed by atoms with Crippen LogP contribution in [-0.2, 0) is 19.1 Å². The normalized spacial score (nSPS) is 23.5. The highest BCUT2D eigenvalue weighted by Gasteiger charge is 2.38. The Balaban J connectivity index is 1.34. The SMILES string of the molecule is O=C(OCCN1C(=O)c2ccccc2C1=O)[C@H]1CC=CC[C@H]1C(=O)N1CCOCC1. The van der Waals surface area contributed by atoms with E-state index in [0.717, 1.165) is 4.90 Å². The van der Waals surface area contributed by atoms with Crippen molar-refractivity contribution >= 4 is 23.7 Å². The molecule has 1 fully saturated rings. The van der Waals surface area contributed by atoms with Gasteiger partial charge in [0.15, 0.2) is 0 Å². The van der Waals surface area contributed by atoms with Gasteiger partial charge in [0.05, 0.1) is 42.7 Å². The highest BCUT2D eigenvalue weighted by atomic mass is 16.5. The number of hydrogen-bond donors (Lipinski definition) is 0. The second kappa shape index (κ2) is 8.79. The van der Waals surface area contributed by atoms with E-state index in [1.54, 1.807) is 29.2 Å². The van der Waals surface area contributed by atoms with Gasteiger partial charge in [-0.1, -0.05) is 24.3 Å². The van der Waals surface area contributed by atoms with Gasteiger partial charge in [-0.25, -0.2) is 0 Å². The molecule has 2 aliphatic heterocycles. The van der Waals surface area contributed by atoms with E-state index >= 15 is 0 Å². The lowest BCUT2D eigenvalue weighted by molar-refractivity contribution is -0.156. The van der Waals surface area contributed by atoms with Crippen LogP contribution in [0.3, 0.4) is 0 Å². The summed E-state index contributed by atoms with van der Waals surface area (Å²) in [6, 6.07) is 6.63. The van der Waals surface area contributed by atoms with Crippen molar-refractivity contribution in [2.75, 3.05) is 39.5 Å². The molecule has 1 aromatic rings. The van der Waals surface area contributed by atoms with Gasteiger partial charge in [0, 0.05) is 13.1 Å². The lowest BCUT2D eigenvalue weighted by atomic mass is 9.82. The van der Waals surface area contributed by atoms with Gasteiger partial charge in [0.2, 0.25) is 5.91 Å². The van der Waals surface area contributed by atoms with Gasteiger partial charge >= 0.3 is 5.97 Å². The molecule has 8 heteroatoms. The number of carbonyl (C=O) groups excluding carboxylic acids is 4. The lowest BCUT2D eigenvalue weighted by Crippen LogP contribution is -2.47. The van der Waals surface area contributed by atoms with Gasteiger partial charge < -0.3 is 14.4 Å². The Morgan fingerprint density at radius 2 is 1.57 bits per heavy atom. The number of ether oxygens (including phenoxy) is 2. The van der Waals surface area contributed by atoms with Crippen LogP contribution in [0.1, 0.15) is 33.6 Å². The third-order valence-corrected chi connectivity index (χ3v) is 5.81. The zero-order chi connectivity index (χ0) is 21.1. The molecule has 30 heavy (non-hydrogen) atoms. The molecule has 2 atom stereocenters. The van der Waals surface area contributed by atoms with Crippen LogP contribution in [0.2, 0.25) is 0 Å². The Morgan fingerprint density at radius 1 is 0.967 bits per heavy atom. The Morgan fingerprint density at radius 3 is 2.20 bits per heavy atom.